The number of rotatable bonds is 2. The number of esters is 2. The van der Waals surface area contributed by atoms with E-state index in [1.807, 2.05) is 0 Å². The fraction of sp³-hybridized carbons (Fsp3) is 0.882. The molecule has 38 heavy (non-hydrogen) atoms. The summed E-state index contributed by atoms with van der Waals surface area (Å²) in [5, 5.41) is 0. The second-order valence-corrected chi connectivity index (χ2v) is 16.0. The molecule has 5 aliphatic rings. The van der Waals surface area contributed by atoms with Crippen LogP contribution in [0.1, 0.15) is 121 Å². The van der Waals surface area contributed by atoms with E-state index in [9.17, 15) is 9.59 Å². The highest BCUT2D eigenvalue weighted by molar-refractivity contribution is 5.67. The predicted molar refractivity (Wildman–Crippen MR) is 151 cm³/mol. The van der Waals surface area contributed by atoms with Crippen LogP contribution in [-0.4, -0.2) is 24.1 Å². The highest BCUT2D eigenvalue weighted by Gasteiger charge is 2.70. The van der Waals surface area contributed by atoms with Gasteiger partial charge in [0, 0.05) is 25.2 Å². The van der Waals surface area contributed by atoms with Crippen LogP contribution >= 0.6 is 0 Å². The predicted octanol–water partition coefficient (Wildman–Crippen LogP) is 8.14. The summed E-state index contributed by atoms with van der Waals surface area (Å²) in [5.74, 6) is 2.24. The van der Waals surface area contributed by atoms with Gasteiger partial charge in [-0.2, -0.15) is 0 Å². The number of ether oxygens (including phenoxy) is 2. The van der Waals surface area contributed by atoms with Crippen molar-refractivity contribution in [3.05, 3.63) is 11.6 Å². The Morgan fingerprint density at radius 1 is 0.816 bits per heavy atom. The number of hydrogen-bond donors (Lipinski definition) is 0. The molecule has 214 valence electrons. The third kappa shape index (κ3) is 3.73. The van der Waals surface area contributed by atoms with Gasteiger partial charge in [0.25, 0.3) is 0 Å². The maximum absolute atomic E-state index is 12.6. The molecule has 4 nitrogen and oxygen atoms in total. The van der Waals surface area contributed by atoms with Crippen molar-refractivity contribution in [2.45, 2.75) is 133 Å². The first-order chi connectivity index (χ1) is 17.5. The van der Waals surface area contributed by atoms with Crippen LogP contribution in [0.4, 0.5) is 0 Å². The zero-order valence-electron chi connectivity index (χ0n) is 25.9. The van der Waals surface area contributed by atoms with E-state index >= 15 is 0 Å². The van der Waals surface area contributed by atoms with Gasteiger partial charge in [-0.3, -0.25) is 9.59 Å². The summed E-state index contributed by atoms with van der Waals surface area (Å²) in [7, 11) is 0. The molecule has 0 radical (unpaired) electrons. The molecular formula is C34H54O4. The Balaban J connectivity index is 1.65. The van der Waals surface area contributed by atoms with E-state index in [0.29, 0.717) is 23.2 Å². The molecule has 0 N–H and O–H groups in total. The molecule has 4 heteroatoms. The lowest BCUT2D eigenvalue weighted by Crippen LogP contribution is -2.68. The zero-order valence-corrected chi connectivity index (χ0v) is 25.9. The third-order valence-electron chi connectivity index (χ3n) is 13.9. The van der Waals surface area contributed by atoms with Gasteiger partial charge >= 0.3 is 11.9 Å². The molecule has 0 amide bonds. The molecule has 0 aliphatic heterocycles. The van der Waals surface area contributed by atoms with Crippen LogP contribution in [0.15, 0.2) is 11.6 Å². The van der Waals surface area contributed by atoms with Crippen LogP contribution < -0.4 is 0 Å². The number of carbonyl (C=O) groups is 2. The Morgan fingerprint density at radius 2 is 1.47 bits per heavy atom. The minimum Gasteiger partial charge on any atom is -0.462 e. The summed E-state index contributed by atoms with van der Waals surface area (Å²) < 4.78 is 12.3. The van der Waals surface area contributed by atoms with Crippen molar-refractivity contribution in [3.63, 3.8) is 0 Å². The first-order valence-corrected chi connectivity index (χ1v) is 15.6. The van der Waals surface area contributed by atoms with Crippen LogP contribution in [-0.2, 0) is 19.1 Å². The largest absolute Gasteiger partial charge is 0.462 e. The van der Waals surface area contributed by atoms with Gasteiger partial charge in [-0.15, -0.1) is 0 Å². The molecule has 4 saturated carbocycles. The topological polar surface area (TPSA) is 52.6 Å². The van der Waals surface area contributed by atoms with E-state index in [0.717, 1.165) is 31.6 Å². The normalized spacial score (nSPS) is 51.3. The fourth-order valence-corrected chi connectivity index (χ4v) is 11.6. The molecule has 5 aliphatic carbocycles. The number of carbonyl (C=O) groups excluding carboxylic acids is 2. The van der Waals surface area contributed by atoms with Crippen molar-refractivity contribution in [1.29, 1.82) is 0 Å². The van der Waals surface area contributed by atoms with Crippen LogP contribution in [0, 0.1) is 56.7 Å². The molecule has 0 aromatic carbocycles. The Labute approximate surface area is 232 Å². The van der Waals surface area contributed by atoms with Crippen molar-refractivity contribution in [2.24, 2.45) is 56.7 Å². The zero-order chi connectivity index (χ0) is 28.1. The van der Waals surface area contributed by atoms with E-state index in [1.165, 1.54) is 32.6 Å². The number of hydrogen-bond acceptors (Lipinski definition) is 4. The van der Waals surface area contributed by atoms with E-state index in [-0.39, 0.29) is 51.7 Å². The van der Waals surface area contributed by atoms with Gasteiger partial charge in [0.05, 0.1) is 0 Å². The summed E-state index contributed by atoms with van der Waals surface area (Å²) in [4.78, 5) is 24.6. The molecule has 11 unspecified atom stereocenters. The van der Waals surface area contributed by atoms with Crippen molar-refractivity contribution < 1.29 is 19.1 Å². The van der Waals surface area contributed by atoms with Crippen molar-refractivity contribution in [3.8, 4) is 0 Å². The first-order valence-electron chi connectivity index (χ1n) is 15.6. The van der Waals surface area contributed by atoms with Gasteiger partial charge in [0.2, 0.25) is 0 Å². The standard InChI is InChI=1S/C34H54O4/c1-20-11-14-31(7)17-18-33(9)24(28(31)21(20)2)19-25(37-22(3)35)29-32(8)15-13-27(38-23(4)36)30(5,6)26(32)12-16-34(29,33)10/h19-21,25-29H,11-18H2,1-10H3. The maximum Gasteiger partial charge on any atom is 0.303 e. The molecular weight excluding hydrogens is 472 g/mol. The molecule has 0 spiro atoms. The average Bonchev–Trinajstić information content (AvgIpc) is 2.79. The molecule has 0 saturated heterocycles. The van der Waals surface area contributed by atoms with Crippen molar-refractivity contribution in [1.82, 2.24) is 0 Å². The summed E-state index contributed by atoms with van der Waals surface area (Å²) in [6.45, 7) is 22.9. The van der Waals surface area contributed by atoms with Gasteiger partial charge in [0.1, 0.15) is 12.2 Å². The van der Waals surface area contributed by atoms with Gasteiger partial charge in [-0.1, -0.05) is 61.0 Å². The molecule has 0 heterocycles. The summed E-state index contributed by atoms with van der Waals surface area (Å²) >= 11 is 0. The second-order valence-electron chi connectivity index (χ2n) is 16.0. The Kier molecular flexibility index (Phi) is 6.56. The lowest BCUT2D eigenvalue weighted by molar-refractivity contribution is -0.234. The fourth-order valence-electron chi connectivity index (χ4n) is 11.6. The summed E-state index contributed by atoms with van der Waals surface area (Å²) in [5.41, 5.74) is 2.00. The Bertz CT molecular complexity index is 1030. The van der Waals surface area contributed by atoms with Gasteiger partial charge < -0.3 is 9.47 Å². The van der Waals surface area contributed by atoms with Crippen molar-refractivity contribution in [2.75, 3.05) is 0 Å². The third-order valence-corrected chi connectivity index (χ3v) is 13.9. The smallest absolute Gasteiger partial charge is 0.303 e. The summed E-state index contributed by atoms with van der Waals surface area (Å²) in [6.07, 6.45) is 11.5. The van der Waals surface area contributed by atoms with E-state index in [1.54, 1.807) is 12.5 Å². The van der Waals surface area contributed by atoms with E-state index in [4.69, 9.17) is 9.47 Å². The first kappa shape index (κ1) is 28.2. The monoisotopic (exact) mass is 526 g/mol. The highest BCUT2D eigenvalue weighted by atomic mass is 16.5. The maximum atomic E-state index is 12.6. The van der Waals surface area contributed by atoms with Crippen molar-refractivity contribution >= 4 is 11.9 Å². The number of fused-ring (bicyclic) bond motifs is 7. The van der Waals surface area contributed by atoms with Crippen LogP contribution in [0.3, 0.4) is 0 Å². The van der Waals surface area contributed by atoms with Crippen LogP contribution in [0.5, 0.6) is 0 Å². The second kappa shape index (κ2) is 8.84. The molecule has 0 aromatic heterocycles. The minimum atomic E-state index is -0.193. The molecule has 0 bridgehead atoms. The van der Waals surface area contributed by atoms with Gasteiger partial charge in [-0.25, -0.2) is 0 Å². The van der Waals surface area contributed by atoms with Crippen LogP contribution in [0.2, 0.25) is 0 Å². The SMILES string of the molecule is CC(=O)OC1C=C2C3C(C)C(C)CCC3(C)CCC2(C)C2(C)CCC3C(C)(C)C(OC(C)=O)CCC3(C)C12. The number of allylic oxidation sites excluding steroid dienone is 1. The molecule has 11 atom stereocenters. The highest BCUT2D eigenvalue weighted by Crippen LogP contribution is 2.76. The lowest BCUT2D eigenvalue weighted by atomic mass is 9.33. The molecule has 5 rings (SSSR count). The van der Waals surface area contributed by atoms with Gasteiger partial charge in [0.15, 0.2) is 0 Å². The Hall–Kier alpha value is -1.32. The minimum absolute atomic E-state index is 0.00449. The van der Waals surface area contributed by atoms with E-state index < -0.39 is 0 Å². The van der Waals surface area contributed by atoms with Crippen LogP contribution in [0.25, 0.3) is 0 Å². The summed E-state index contributed by atoms with van der Waals surface area (Å²) in [6, 6.07) is 0. The molecule has 0 aromatic rings. The van der Waals surface area contributed by atoms with E-state index in [2.05, 4.69) is 61.5 Å². The Morgan fingerprint density at radius 3 is 2.11 bits per heavy atom. The van der Waals surface area contributed by atoms with Gasteiger partial charge in [-0.05, 0) is 103 Å². The lowest BCUT2D eigenvalue weighted by Gasteiger charge is -2.72. The average molecular weight is 527 g/mol. The quantitative estimate of drug-likeness (QED) is 0.269. The molecule has 4 fully saturated rings.